The minimum atomic E-state index is -0.147. The second-order valence-electron chi connectivity index (χ2n) is 8.29. The maximum absolute atomic E-state index is 12.6. The molecule has 1 fully saturated rings. The molecule has 0 aliphatic carbocycles. The van der Waals surface area contributed by atoms with Crippen LogP contribution in [0.5, 0.6) is 5.75 Å². The molecule has 170 valence electrons. The molecule has 2 aliphatic rings. The maximum Gasteiger partial charge on any atom is 0.262 e. The molecule has 33 heavy (non-hydrogen) atoms. The SMILES string of the molecule is O=C(COc1ccc(C2SCCCS2)cc1)Nc1ccccc1CN1CCc2ccccc21. The first-order chi connectivity index (χ1) is 16.3. The summed E-state index contributed by atoms with van der Waals surface area (Å²) in [7, 11) is 0. The summed E-state index contributed by atoms with van der Waals surface area (Å²) in [5.41, 5.74) is 5.94. The molecule has 0 radical (unpaired) electrons. The molecule has 0 bridgehead atoms. The second-order valence-corrected chi connectivity index (χ2v) is 11.0. The molecule has 0 unspecified atom stereocenters. The number of ether oxygens (including phenoxy) is 1. The second kappa shape index (κ2) is 10.6. The van der Waals surface area contributed by atoms with Crippen LogP contribution in [0.4, 0.5) is 11.4 Å². The number of fused-ring (bicyclic) bond motifs is 1. The summed E-state index contributed by atoms with van der Waals surface area (Å²) in [5, 5.41) is 3.04. The van der Waals surface area contributed by atoms with Gasteiger partial charge in [0.1, 0.15) is 5.75 Å². The van der Waals surface area contributed by atoms with E-state index in [4.69, 9.17) is 4.74 Å². The molecule has 6 heteroatoms. The van der Waals surface area contributed by atoms with E-state index in [0.29, 0.717) is 4.58 Å². The van der Waals surface area contributed by atoms with Crippen molar-refractivity contribution in [2.75, 3.05) is 34.9 Å². The Labute approximate surface area is 204 Å². The van der Waals surface area contributed by atoms with Gasteiger partial charge in [-0.25, -0.2) is 0 Å². The van der Waals surface area contributed by atoms with Gasteiger partial charge in [0.05, 0.1) is 4.58 Å². The Morgan fingerprint density at radius 1 is 0.970 bits per heavy atom. The summed E-state index contributed by atoms with van der Waals surface area (Å²) in [5.74, 6) is 3.03. The summed E-state index contributed by atoms with van der Waals surface area (Å²) in [4.78, 5) is 15.0. The van der Waals surface area contributed by atoms with Crippen LogP contribution in [0.3, 0.4) is 0 Å². The predicted octanol–water partition coefficient (Wildman–Crippen LogP) is 6.14. The number of carbonyl (C=O) groups is 1. The Morgan fingerprint density at radius 2 is 1.73 bits per heavy atom. The fourth-order valence-corrected chi connectivity index (χ4v) is 7.19. The largest absolute Gasteiger partial charge is 0.484 e. The fourth-order valence-electron chi connectivity index (χ4n) is 4.29. The van der Waals surface area contributed by atoms with Crippen molar-refractivity contribution in [1.29, 1.82) is 0 Å². The summed E-state index contributed by atoms with van der Waals surface area (Å²) >= 11 is 4.01. The third-order valence-electron chi connectivity index (χ3n) is 5.99. The minimum Gasteiger partial charge on any atom is -0.484 e. The van der Waals surface area contributed by atoms with Gasteiger partial charge in [0.15, 0.2) is 6.61 Å². The molecule has 2 aliphatic heterocycles. The minimum absolute atomic E-state index is 0.00679. The van der Waals surface area contributed by atoms with E-state index in [1.54, 1.807) is 0 Å². The average Bonchev–Trinajstić information content (AvgIpc) is 3.28. The van der Waals surface area contributed by atoms with E-state index in [0.717, 1.165) is 36.5 Å². The Hall–Kier alpha value is -2.57. The molecule has 0 atom stereocenters. The van der Waals surface area contributed by atoms with Crippen molar-refractivity contribution in [1.82, 2.24) is 0 Å². The van der Waals surface area contributed by atoms with Crippen LogP contribution in [-0.4, -0.2) is 30.6 Å². The number of nitrogens with zero attached hydrogens (tertiary/aromatic N) is 1. The van der Waals surface area contributed by atoms with Gasteiger partial charge in [-0.1, -0.05) is 48.5 Å². The van der Waals surface area contributed by atoms with Crippen LogP contribution >= 0.6 is 23.5 Å². The molecule has 2 heterocycles. The predicted molar refractivity (Wildman–Crippen MR) is 140 cm³/mol. The molecule has 4 nitrogen and oxygen atoms in total. The third kappa shape index (κ3) is 5.50. The van der Waals surface area contributed by atoms with Gasteiger partial charge in [-0.3, -0.25) is 4.79 Å². The smallest absolute Gasteiger partial charge is 0.262 e. The monoisotopic (exact) mass is 476 g/mol. The number of para-hydroxylation sites is 2. The van der Waals surface area contributed by atoms with Crippen molar-refractivity contribution in [2.45, 2.75) is 24.0 Å². The summed E-state index contributed by atoms with van der Waals surface area (Å²) in [6.07, 6.45) is 2.35. The molecule has 1 saturated heterocycles. The Morgan fingerprint density at radius 3 is 2.58 bits per heavy atom. The van der Waals surface area contributed by atoms with Gasteiger partial charge in [-0.2, -0.15) is 0 Å². The van der Waals surface area contributed by atoms with Gasteiger partial charge in [0, 0.05) is 24.5 Å². The van der Waals surface area contributed by atoms with Crippen LogP contribution in [0, 0.1) is 0 Å². The van der Waals surface area contributed by atoms with E-state index in [-0.39, 0.29) is 12.5 Å². The van der Waals surface area contributed by atoms with Crippen LogP contribution in [0.25, 0.3) is 0 Å². The number of amides is 1. The summed E-state index contributed by atoms with van der Waals surface area (Å²) in [6, 6.07) is 24.7. The van der Waals surface area contributed by atoms with Crippen molar-refractivity contribution in [3.8, 4) is 5.75 Å². The Bertz CT molecular complexity index is 1100. The zero-order valence-corrected chi connectivity index (χ0v) is 20.2. The molecule has 3 aromatic carbocycles. The quantitative estimate of drug-likeness (QED) is 0.444. The Kier molecular flexibility index (Phi) is 7.12. The average molecular weight is 477 g/mol. The number of hydrogen-bond acceptors (Lipinski definition) is 5. The molecule has 1 N–H and O–H groups in total. The molecule has 5 rings (SSSR count). The maximum atomic E-state index is 12.6. The molecule has 0 aromatic heterocycles. The summed E-state index contributed by atoms with van der Waals surface area (Å²) in [6.45, 7) is 1.76. The molecule has 0 saturated carbocycles. The lowest BCUT2D eigenvalue weighted by atomic mass is 10.1. The highest BCUT2D eigenvalue weighted by molar-refractivity contribution is 8.16. The lowest BCUT2D eigenvalue weighted by Gasteiger charge is -2.21. The first kappa shape index (κ1) is 22.2. The molecular formula is C27H28N2O2S2. The van der Waals surface area contributed by atoms with Crippen LogP contribution in [-0.2, 0) is 17.8 Å². The van der Waals surface area contributed by atoms with Crippen LogP contribution in [0.2, 0.25) is 0 Å². The summed E-state index contributed by atoms with van der Waals surface area (Å²) < 4.78 is 6.28. The van der Waals surface area contributed by atoms with E-state index < -0.39 is 0 Å². The number of benzene rings is 3. The molecule has 3 aromatic rings. The number of carbonyl (C=O) groups excluding carboxylic acids is 1. The molecule has 0 spiro atoms. The number of anilines is 2. The van der Waals surface area contributed by atoms with Crippen LogP contribution in [0.15, 0.2) is 72.8 Å². The van der Waals surface area contributed by atoms with Crippen LogP contribution < -0.4 is 15.0 Å². The van der Waals surface area contributed by atoms with E-state index in [9.17, 15) is 4.79 Å². The van der Waals surface area contributed by atoms with E-state index in [1.807, 2.05) is 53.9 Å². The van der Waals surface area contributed by atoms with Gasteiger partial charge < -0.3 is 15.0 Å². The standard InChI is InChI=1S/C27H28N2O2S2/c30-26(19-31-23-12-10-21(11-13-23)27-32-16-5-17-33-27)28-24-8-3-1-7-22(24)18-29-15-14-20-6-2-4-9-25(20)29/h1-4,6-13,27H,5,14-19H2,(H,28,30). The molecule has 1 amide bonds. The van der Waals surface area contributed by atoms with E-state index in [2.05, 4.69) is 52.7 Å². The van der Waals surface area contributed by atoms with Gasteiger partial charge in [-0.15, -0.1) is 23.5 Å². The number of nitrogens with one attached hydrogen (secondary N) is 1. The van der Waals surface area contributed by atoms with Crippen molar-refractivity contribution in [3.63, 3.8) is 0 Å². The highest BCUT2D eigenvalue weighted by Gasteiger charge is 2.20. The van der Waals surface area contributed by atoms with Gasteiger partial charge >= 0.3 is 0 Å². The first-order valence-electron chi connectivity index (χ1n) is 11.4. The lowest BCUT2D eigenvalue weighted by Crippen LogP contribution is -2.23. The van der Waals surface area contributed by atoms with Gasteiger partial charge in [0.2, 0.25) is 0 Å². The first-order valence-corrected chi connectivity index (χ1v) is 13.5. The molecular weight excluding hydrogens is 448 g/mol. The van der Waals surface area contributed by atoms with E-state index >= 15 is 0 Å². The van der Waals surface area contributed by atoms with E-state index in [1.165, 1.54) is 34.7 Å². The highest BCUT2D eigenvalue weighted by atomic mass is 32.2. The van der Waals surface area contributed by atoms with Crippen molar-refractivity contribution < 1.29 is 9.53 Å². The third-order valence-corrected chi connectivity index (χ3v) is 9.00. The van der Waals surface area contributed by atoms with Crippen molar-refractivity contribution in [2.24, 2.45) is 0 Å². The topological polar surface area (TPSA) is 41.6 Å². The van der Waals surface area contributed by atoms with Crippen molar-refractivity contribution >= 4 is 40.8 Å². The van der Waals surface area contributed by atoms with Crippen LogP contribution in [0.1, 0.15) is 27.7 Å². The van der Waals surface area contributed by atoms with Crippen molar-refractivity contribution in [3.05, 3.63) is 89.5 Å². The zero-order chi connectivity index (χ0) is 22.5. The Balaban J connectivity index is 1.17. The number of thioether (sulfide) groups is 2. The zero-order valence-electron chi connectivity index (χ0n) is 18.5. The fraction of sp³-hybridized carbons (Fsp3) is 0.296. The van der Waals surface area contributed by atoms with Gasteiger partial charge in [0.25, 0.3) is 5.91 Å². The number of hydrogen-bond donors (Lipinski definition) is 1. The highest BCUT2D eigenvalue weighted by Crippen LogP contribution is 2.43. The van der Waals surface area contributed by atoms with Gasteiger partial charge in [-0.05, 0) is 65.3 Å². The number of rotatable bonds is 7. The lowest BCUT2D eigenvalue weighted by molar-refractivity contribution is -0.118. The normalized spacial score (nSPS) is 15.8.